The van der Waals surface area contributed by atoms with Gasteiger partial charge in [0.05, 0.1) is 24.0 Å². The number of aliphatic carboxylic acids is 1. The summed E-state index contributed by atoms with van der Waals surface area (Å²) in [5.41, 5.74) is 3.01. The molecule has 1 atom stereocenters. The average Bonchev–Trinajstić information content (AvgIpc) is 3.11. The van der Waals surface area contributed by atoms with Crippen LogP contribution in [-0.2, 0) is 11.8 Å². The zero-order valence-electron chi connectivity index (χ0n) is 14.1. The van der Waals surface area contributed by atoms with Crippen LogP contribution in [0.5, 0.6) is 0 Å². The van der Waals surface area contributed by atoms with Crippen LogP contribution in [0.2, 0.25) is 5.02 Å². The highest BCUT2D eigenvalue weighted by Crippen LogP contribution is 2.32. The van der Waals surface area contributed by atoms with Crippen molar-refractivity contribution in [3.63, 3.8) is 0 Å². The third-order valence-corrected chi connectivity index (χ3v) is 4.56. The molecule has 1 N–H and O–H groups in total. The lowest BCUT2D eigenvalue weighted by Gasteiger charge is -2.10. The van der Waals surface area contributed by atoms with Crippen molar-refractivity contribution < 1.29 is 9.90 Å². The molecule has 0 bridgehead atoms. The number of fused-ring (bicyclic) bond motifs is 3. The molecule has 0 radical (unpaired) electrons. The maximum atomic E-state index is 11.4. The van der Waals surface area contributed by atoms with Gasteiger partial charge in [-0.05, 0) is 19.1 Å². The summed E-state index contributed by atoms with van der Waals surface area (Å²) in [4.78, 5) is 16.2. The molecule has 0 amide bonds. The molecule has 1 aliphatic heterocycles. The second kappa shape index (κ2) is 6.06. The van der Waals surface area contributed by atoms with Gasteiger partial charge in [-0.2, -0.15) is 5.10 Å². The van der Waals surface area contributed by atoms with Crippen LogP contribution < -0.4 is 0 Å². The van der Waals surface area contributed by atoms with Gasteiger partial charge in [0.15, 0.2) is 5.82 Å². The first-order valence-corrected chi connectivity index (χ1v) is 8.33. The SMILES string of the molecule is Cc1nnc2n1-c1cnn(C)c1C(c1ccc(Cl)cc1)=N[C@H]2CC(=O)O. The monoisotopic (exact) mass is 370 g/mol. The first-order valence-electron chi connectivity index (χ1n) is 7.96. The summed E-state index contributed by atoms with van der Waals surface area (Å²) < 4.78 is 3.54. The van der Waals surface area contributed by atoms with E-state index in [1.54, 1.807) is 23.0 Å². The Hall–Kier alpha value is -3.00. The van der Waals surface area contributed by atoms with Crippen molar-refractivity contribution in [3.05, 3.63) is 58.4 Å². The summed E-state index contributed by atoms with van der Waals surface area (Å²) in [7, 11) is 1.82. The number of benzene rings is 1. The van der Waals surface area contributed by atoms with Crippen LogP contribution in [-0.4, -0.2) is 41.3 Å². The lowest BCUT2D eigenvalue weighted by atomic mass is 10.1. The van der Waals surface area contributed by atoms with Crippen molar-refractivity contribution >= 4 is 23.3 Å². The van der Waals surface area contributed by atoms with E-state index in [1.165, 1.54) is 0 Å². The lowest BCUT2D eigenvalue weighted by molar-refractivity contribution is -0.137. The molecule has 0 aliphatic carbocycles. The maximum Gasteiger partial charge on any atom is 0.306 e. The van der Waals surface area contributed by atoms with Crippen molar-refractivity contribution in [3.8, 4) is 5.69 Å². The number of hydrogen-bond acceptors (Lipinski definition) is 5. The highest BCUT2D eigenvalue weighted by molar-refractivity contribution is 6.30. The Labute approximate surface area is 153 Å². The summed E-state index contributed by atoms with van der Waals surface area (Å²) in [6.45, 7) is 1.82. The Morgan fingerprint density at radius 3 is 2.69 bits per heavy atom. The minimum Gasteiger partial charge on any atom is -0.481 e. The van der Waals surface area contributed by atoms with E-state index in [4.69, 9.17) is 16.6 Å². The van der Waals surface area contributed by atoms with Crippen molar-refractivity contribution in [2.24, 2.45) is 12.0 Å². The molecule has 0 saturated heterocycles. The second-order valence-electron chi connectivity index (χ2n) is 6.04. The van der Waals surface area contributed by atoms with Crippen LogP contribution in [0.1, 0.15) is 35.4 Å². The van der Waals surface area contributed by atoms with Crippen LogP contribution >= 0.6 is 11.6 Å². The van der Waals surface area contributed by atoms with E-state index >= 15 is 0 Å². The van der Waals surface area contributed by atoms with Gasteiger partial charge in [-0.15, -0.1) is 10.2 Å². The molecule has 0 spiro atoms. The van der Waals surface area contributed by atoms with Gasteiger partial charge in [-0.25, -0.2) is 0 Å². The fourth-order valence-electron chi connectivity index (χ4n) is 3.15. The molecule has 1 aromatic carbocycles. The van der Waals surface area contributed by atoms with Crippen molar-refractivity contribution in [2.75, 3.05) is 0 Å². The first kappa shape index (κ1) is 16.5. The summed E-state index contributed by atoms with van der Waals surface area (Å²) in [5, 5.41) is 22.6. The number of carboxylic acid groups (broad SMARTS) is 1. The van der Waals surface area contributed by atoms with Gasteiger partial charge in [0.1, 0.15) is 17.6 Å². The molecule has 132 valence electrons. The largest absolute Gasteiger partial charge is 0.481 e. The fourth-order valence-corrected chi connectivity index (χ4v) is 3.28. The van der Waals surface area contributed by atoms with Gasteiger partial charge < -0.3 is 5.11 Å². The number of carboxylic acids is 1. The van der Waals surface area contributed by atoms with Crippen molar-refractivity contribution in [1.29, 1.82) is 0 Å². The minimum atomic E-state index is -0.953. The number of aromatic nitrogens is 5. The number of rotatable bonds is 3. The predicted octanol–water partition coefficient (Wildman–Crippen LogP) is 2.33. The van der Waals surface area contributed by atoms with Crippen LogP contribution in [0, 0.1) is 6.92 Å². The lowest BCUT2D eigenvalue weighted by Crippen LogP contribution is -2.12. The quantitative estimate of drug-likeness (QED) is 0.763. The molecule has 1 aliphatic rings. The summed E-state index contributed by atoms with van der Waals surface area (Å²) >= 11 is 6.01. The Morgan fingerprint density at radius 1 is 1.27 bits per heavy atom. The van der Waals surface area contributed by atoms with Gasteiger partial charge >= 0.3 is 5.97 Å². The van der Waals surface area contributed by atoms with E-state index in [0.29, 0.717) is 22.4 Å². The molecule has 0 unspecified atom stereocenters. The maximum absolute atomic E-state index is 11.4. The Morgan fingerprint density at radius 2 is 2.00 bits per heavy atom. The van der Waals surface area contributed by atoms with Crippen LogP contribution in [0.3, 0.4) is 0 Å². The van der Waals surface area contributed by atoms with E-state index in [1.807, 2.05) is 30.7 Å². The van der Waals surface area contributed by atoms with Crippen molar-refractivity contribution in [2.45, 2.75) is 19.4 Å². The molecule has 3 aromatic rings. The van der Waals surface area contributed by atoms with Crippen molar-refractivity contribution in [1.82, 2.24) is 24.5 Å². The van der Waals surface area contributed by atoms with Gasteiger partial charge in [-0.3, -0.25) is 19.0 Å². The molecular weight excluding hydrogens is 356 g/mol. The number of aryl methyl sites for hydroxylation is 2. The van der Waals surface area contributed by atoms with E-state index in [-0.39, 0.29) is 6.42 Å². The molecular formula is C17H15ClN6O2. The summed E-state index contributed by atoms with van der Waals surface area (Å²) in [6, 6.07) is 6.60. The first-order chi connectivity index (χ1) is 12.5. The fraction of sp³-hybridized carbons (Fsp3) is 0.235. The third kappa shape index (κ3) is 2.59. The van der Waals surface area contributed by atoms with E-state index < -0.39 is 12.0 Å². The van der Waals surface area contributed by atoms with Gasteiger partial charge in [0.2, 0.25) is 0 Å². The molecule has 9 heteroatoms. The van der Waals surface area contributed by atoms with Crippen LogP contribution in [0.4, 0.5) is 0 Å². The smallest absolute Gasteiger partial charge is 0.306 e. The Balaban J connectivity index is 2.00. The van der Waals surface area contributed by atoms with E-state index in [0.717, 1.165) is 16.9 Å². The Bertz CT molecular complexity index is 1030. The topological polar surface area (TPSA) is 98.2 Å². The standard InChI is InChI=1S/C17H15ClN6O2/c1-9-21-22-17-12(7-14(25)26)20-15(10-3-5-11(18)6-4-10)16-13(24(9)17)8-19-23(16)2/h3-6,8,12H,7H2,1-2H3,(H,25,26)/t12-/m0/s1. The number of aliphatic imine (C=N–C) groups is 1. The average molecular weight is 371 g/mol. The molecule has 0 saturated carbocycles. The molecule has 8 nitrogen and oxygen atoms in total. The third-order valence-electron chi connectivity index (χ3n) is 4.30. The normalized spacial score (nSPS) is 15.8. The van der Waals surface area contributed by atoms with Gasteiger partial charge in [0, 0.05) is 17.6 Å². The highest BCUT2D eigenvalue weighted by atomic mass is 35.5. The zero-order valence-corrected chi connectivity index (χ0v) is 14.8. The number of hydrogen-bond donors (Lipinski definition) is 1. The van der Waals surface area contributed by atoms with E-state index in [2.05, 4.69) is 15.3 Å². The van der Waals surface area contributed by atoms with Gasteiger partial charge in [0.25, 0.3) is 0 Å². The molecule has 4 rings (SSSR count). The predicted molar refractivity (Wildman–Crippen MR) is 94.9 cm³/mol. The highest BCUT2D eigenvalue weighted by Gasteiger charge is 2.31. The summed E-state index contributed by atoms with van der Waals surface area (Å²) in [6.07, 6.45) is 1.53. The number of nitrogens with zero attached hydrogens (tertiary/aromatic N) is 6. The number of halogens is 1. The molecule has 3 heterocycles. The zero-order chi connectivity index (χ0) is 18.4. The molecule has 2 aromatic heterocycles. The van der Waals surface area contributed by atoms with Crippen LogP contribution in [0.25, 0.3) is 5.69 Å². The summed E-state index contributed by atoms with van der Waals surface area (Å²) in [5.74, 6) is 0.186. The van der Waals surface area contributed by atoms with Crippen LogP contribution in [0.15, 0.2) is 35.5 Å². The minimum absolute atomic E-state index is 0.184. The second-order valence-corrected chi connectivity index (χ2v) is 6.48. The molecule has 26 heavy (non-hydrogen) atoms. The van der Waals surface area contributed by atoms with E-state index in [9.17, 15) is 9.90 Å². The molecule has 0 fully saturated rings. The number of carbonyl (C=O) groups is 1. The Kier molecular flexibility index (Phi) is 3.84. The van der Waals surface area contributed by atoms with Gasteiger partial charge in [-0.1, -0.05) is 23.7 Å².